The van der Waals surface area contributed by atoms with Gasteiger partial charge in [-0.05, 0) is 39.3 Å². The van der Waals surface area contributed by atoms with Crippen molar-refractivity contribution in [1.29, 1.82) is 0 Å². The van der Waals surface area contributed by atoms with Gasteiger partial charge in [-0.2, -0.15) is 0 Å². The van der Waals surface area contributed by atoms with Crippen LogP contribution >= 0.6 is 0 Å². The zero-order valence-electron chi connectivity index (χ0n) is 12.4. The van der Waals surface area contributed by atoms with E-state index in [1.807, 2.05) is 0 Å². The van der Waals surface area contributed by atoms with E-state index < -0.39 is 0 Å². The highest BCUT2D eigenvalue weighted by Crippen LogP contribution is 2.21. The lowest BCUT2D eigenvalue weighted by Crippen LogP contribution is -2.43. The highest BCUT2D eigenvalue weighted by atomic mass is 15.0. The molecule has 2 nitrogen and oxygen atoms in total. The summed E-state index contributed by atoms with van der Waals surface area (Å²) in [6, 6.07) is 0. The van der Waals surface area contributed by atoms with Gasteiger partial charge in [0, 0.05) is 5.54 Å². The van der Waals surface area contributed by atoms with E-state index in [0.717, 1.165) is 19.5 Å². The van der Waals surface area contributed by atoms with Crippen molar-refractivity contribution < 1.29 is 0 Å². The fourth-order valence-corrected chi connectivity index (χ4v) is 2.30. The van der Waals surface area contributed by atoms with Gasteiger partial charge in [0.1, 0.15) is 0 Å². The lowest BCUT2D eigenvalue weighted by atomic mass is 9.88. The van der Waals surface area contributed by atoms with Gasteiger partial charge in [-0.1, -0.05) is 52.4 Å². The molecule has 0 bridgehead atoms. The number of nitrogens with two attached hydrogens (primary N) is 1. The summed E-state index contributed by atoms with van der Waals surface area (Å²) in [5.41, 5.74) is 5.90. The Bertz CT molecular complexity index is 159. The first-order valence-electron chi connectivity index (χ1n) is 7.63. The predicted octanol–water partition coefficient (Wildman–Crippen LogP) is 3.84. The van der Waals surface area contributed by atoms with Crippen molar-refractivity contribution in [2.75, 3.05) is 13.1 Å². The van der Waals surface area contributed by atoms with Crippen molar-refractivity contribution in [2.45, 2.75) is 84.1 Å². The predicted molar refractivity (Wildman–Crippen MR) is 78.4 cm³/mol. The van der Waals surface area contributed by atoms with Gasteiger partial charge in [-0.25, -0.2) is 0 Å². The molecule has 0 spiro atoms. The van der Waals surface area contributed by atoms with Crippen LogP contribution in [-0.2, 0) is 0 Å². The first kappa shape index (κ1) is 16.9. The minimum absolute atomic E-state index is 0.346. The molecule has 17 heavy (non-hydrogen) atoms. The van der Waals surface area contributed by atoms with Crippen molar-refractivity contribution in [1.82, 2.24) is 5.32 Å². The van der Waals surface area contributed by atoms with Crippen LogP contribution in [0.25, 0.3) is 0 Å². The van der Waals surface area contributed by atoms with Crippen molar-refractivity contribution in [2.24, 2.45) is 5.73 Å². The van der Waals surface area contributed by atoms with Gasteiger partial charge >= 0.3 is 0 Å². The molecule has 0 aromatic heterocycles. The van der Waals surface area contributed by atoms with Gasteiger partial charge < -0.3 is 11.1 Å². The highest BCUT2D eigenvalue weighted by molar-refractivity contribution is 4.82. The summed E-state index contributed by atoms with van der Waals surface area (Å²) >= 11 is 0. The molecule has 1 atom stereocenters. The number of rotatable bonds is 12. The quantitative estimate of drug-likeness (QED) is 0.510. The Hall–Kier alpha value is -0.0800. The lowest BCUT2D eigenvalue weighted by molar-refractivity contribution is 0.290. The molecular weight excluding hydrogens is 208 g/mol. The van der Waals surface area contributed by atoms with Gasteiger partial charge in [-0.3, -0.25) is 0 Å². The number of unbranched alkanes of at least 4 members (excludes halogenated alkanes) is 4. The maximum Gasteiger partial charge on any atom is 0.0153 e. The summed E-state index contributed by atoms with van der Waals surface area (Å²) in [4.78, 5) is 0. The molecule has 1 unspecified atom stereocenters. The Balaban J connectivity index is 3.90. The van der Waals surface area contributed by atoms with E-state index in [9.17, 15) is 0 Å². The minimum Gasteiger partial charge on any atom is -0.330 e. The molecule has 0 aliphatic carbocycles. The van der Waals surface area contributed by atoms with E-state index >= 15 is 0 Å². The summed E-state index contributed by atoms with van der Waals surface area (Å²) in [7, 11) is 0. The smallest absolute Gasteiger partial charge is 0.0153 e. The van der Waals surface area contributed by atoms with Crippen LogP contribution in [0.15, 0.2) is 0 Å². The third kappa shape index (κ3) is 9.61. The van der Waals surface area contributed by atoms with Crippen molar-refractivity contribution in [3.05, 3.63) is 0 Å². The molecule has 3 N–H and O–H groups in total. The van der Waals surface area contributed by atoms with E-state index in [1.54, 1.807) is 0 Å². The molecule has 0 amide bonds. The Kier molecular flexibility index (Phi) is 11.0. The molecule has 0 radical (unpaired) electrons. The molecule has 0 aromatic rings. The van der Waals surface area contributed by atoms with Crippen LogP contribution in [0, 0.1) is 0 Å². The van der Waals surface area contributed by atoms with Gasteiger partial charge in [-0.15, -0.1) is 0 Å². The second-order valence-electron chi connectivity index (χ2n) is 5.54. The van der Waals surface area contributed by atoms with Gasteiger partial charge in [0.15, 0.2) is 0 Å². The molecule has 0 fully saturated rings. The highest BCUT2D eigenvalue weighted by Gasteiger charge is 2.21. The fourth-order valence-electron chi connectivity index (χ4n) is 2.30. The monoisotopic (exact) mass is 242 g/mol. The van der Waals surface area contributed by atoms with Crippen LogP contribution in [-0.4, -0.2) is 18.6 Å². The lowest BCUT2D eigenvalue weighted by Gasteiger charge is -2.31. The largest absolute Gasteiger partial charge is 0.330 e. The molecule has 0 aliphatic rings. The molecule has 0 heterocycles. The Labute approximate surface area is 109 Å². The van der Waals surface area contributed by atoms with Gasteiger partial charge in [0.25, 0.3) is 0 Å². The van der Waals surface area contributed by atoms with Gasteiger partial charge in [0.2, 0.25) is 0 Å². The normalized spacial score (nSPS) is 14.8. The van der Waals surface area contributed by atoms with E-state index in [-0.39, 0.29) is 0 Å². The van der Waals surface area contributed by atoms with Crippen LogP contribution in [0.5, 0.6) is 0 Å². The molecule has 0 aliphatic heterocycles. The molecule has 0 saturated heterocycles. The van der Waals surface area contributed by atoms with E-state index in [0.29, 0.717) is 5.54 Å². The Morgan fingerprint density at radius 2 is 1.53 bits per heavy atom. The van der Waals surface area contributed by atoms with Crippen LogP contribution in [0.3, 0.4) is 0 Å². The first-order valence-corrected chi connectivity index (χ1v) is 7.63. The average Bonchev–Trinajstić information content (AvgIpc) is 2.33. The summed E-state index contributed by atoms with van der Waals surface area (Å²) in [5.74, 6) is 0. The molecule has 2 heteroatoms. The fraction of sp³-hybridized carbons (Fsp3) is 1.00. The molecule has 0 saturated carbocycles. The third-order valence-corrected chi connectivity index (χ3v) is 3.60. The van der Waals surface area contributed by atoms with Crippen LogP contribution in [0.1, 0.15) is 78.6 Å². The topological polar surface area (TPSA) is 38.0 Å². The Morgan fingerprint density at radius 3 is 2.12 bits per heavy atom. The van der Waals surface area contributed by atoms with E-state index in [4.69, 9.17) is 5.73 Å². The third-order valence-electron chi connectivity index (χ3n) is 3.60. The number of hydrogen-bond acceptors (Lipinski definition) is 2. The minimum atomic E-state index is 0.346. The zero-order chi connectivity index (χ0) is 13.0. The maximum absolute atomic E-state index is 5.56. The van der Waals surface area contributed by atoms with Crippen molar-refractivity contribution in [3.63, 3.8) is 0 Å². The van der Waals surface area contributed by atoms with Crippen molar-refractivity contribution >= 4 is 0 Å². The summed E-state index contributed by atoms with van der Waals surface area (Å²) < 4.78 is 0. The van der Waals surface area contributed by atoms with Crippen LogP contribution < -0.4 is 11.1 Å². The maximum atomic E-state index is 5.56. The summed E-state index contributed by atoms with van der Waals surface area (Å²) in [6.45, 7) is 8.81. The summed E-state index contributed by atoms with van der Waals surface area (Å²) in [5, 5.41) is 3.73. The van der Waals surface area contributed by atoms with Crippen LogP contribution in [0.4, 0.5) is 0 Å². The first-order chi connectivity index (χ1) is 8.18. The SMILES string of the molecule is CCCCCCC(C)(CCCC)NCCCN. The Morgan fingerprint density at radius 1 is 0.882 bits per heavy atom. The van der Waals surface area contributed by atoms with Gasteiger partial charge in [0.05, 0.1) is 0 Å². The second-order valence-corrected chi connectivity index (χ2v) is 5.54. The molecule has 104 valence electrons. The van der Waals surface area contributed by atoms with E-state index in [1.165, 1.54) is 51.4 Å². The van der Waals surface area contributed by atoms with Crippen LogP contribution in [0.2, 0.25) is 0 Å². The molecular formula is C15H34N2. The summed E-state index contributed by atoms with van der Waals surface area (Å²) in [6.07, 6.45) is 11.8. The number of nitrogens with one attached hydrogen (secondary N) is 1. The average molecular weight is 242 g/mol. The number of hydrogen-bond donors (Lipinski definition) is 2. The standard InChI is InChI=1S/C15H34N2/c1-4-6-8-9-12-15(3,11-7-5-2)17-14-10-13-16/h17H,4-14,16H2,1-3H3. The zero-order valence-corrected chi connectivity index (χ0v) is 12.4. The second kappa shape index (κ2) is 11.0. The van der Waals surface area contributed by atoms with Crippen molar-refractivity contribution in [3.8, 4) is 0 Å². The van der Waals surface area contributed by atoms with E-state index in [2.05, 4.69) is 26.1 Å². The molecule has 0 rings (SSSR count). The molecule has 0 aromatic carbocycles.